The summed E-state index contributed by atoms with van der Waals surface area (Å²) in [5.74, 6) is -0.613. The van der Waals surface area contributed by atoms with E-state index in [1.807, 2.05) is 30.3 Å². The molecule has 130 valence electrons. The number of fused-ring (bicyclic) bond motifs is 1. The van der Waals surface area contributed by atoms with Crippen molar-refractivity contribution in [1.29, 1.82) is 0 Å². The quantitative estimate of drug-likeness (QED) is 0.512. The molecule has 3 aromatic heterocycles. The molecule has 0 aliphatic carbocycles. The van der Waals surface area contributed by atoms with Crippen LogP contribution in [0.5, 0.6) is 0 Å². The maximum Gasteiger partial charge on any atom is 0.361 e. The van der Waals surface area contributed by atoms with Gasteiger partial charge in [-0.3, -0.25) is 9.20 Å². The highest BCUT2D eigenvalue weighted by molar-refractivity contribution is 7.15. The first-order chi connectivity index (χ1) is 12.6. The molecule has 0 atom stereocenters. The van der Waals surface area contributed by atoms with Crippen molar-refractivity contribution < 1.29 is 9.53 Å². The van der Waals surface area contributed by atoms with Gasteiger partial charge in [0.25, 0.3) is 5.56 Å². The molecule has 0 radical (unpaired) electrons. The summed E-state index contributed by atoms with van der Waals surface area (Å²) in [6.07, 6.45) is 1.65. The summed E-state index contributed by atoms with van der Waals surface area (Å²) in [5.41, 5.74) is 1.50. The van der Waals surface area contributed by atoms with Gasteiger partial charge in [0.05, 0.1) is 17.1 Å². The normalized spacial score (nSPS) is 11.0. The summed E-state index contributed by atoms with van der Waals surface area (Å²) in [4.78, 5) is 30.5. The number of hydrogen-bond donors (Lipinski definition) is 0. The maximum atomic E-state index is 12.3. The molecular formula is C17H13N5O3S. The van der Waals surface area contributed by atoms with Crippen LogP contribution < -0.4 is 5.56 Å². The van der Waals surface area contributed by atoms with Crippen molar-refractivity contribution in [3.05, 3.63) is 75.4 Å². The molecule has 0 bridgehead atoms. The summed E-state index contributed by atoms with van der Waals surface area (Å²) < 4.78 is 6.70. The van der Waals surface area contributed by atoms with Crippen LogP contribution in [0.25, 0.3) is 10.6 Å². The molecule has 0 aliphatic heterocycles. The van der Waals surface area contributed by atoms with Gasteiger partial charge in [0, 0.05) is 17.6 Å². The molecule has 0 saturated heterocycles. The number of benzene rings is 1. The second-order valence-corrected chi connectivity index (χ2v) is 6.35. The summed E-state index contributed by atoms with van der Waals surface area (Å²) in [7, 11) is 0. The molecule has 0 unspecified atom stereocenters. The van der Waals surface area contributed by atoms with Crippen LogP contribution in [0.15, 0.2) is 52.8 Å². The van der Waals surface area contributed by atoms with Crippen molar-refractivity contribution in [1.82, 2.24) is 24.4 Å². The number of carbonyl (C=O) groups is 1. The second-order valence-electron chi connectivity index (χ2n) is 5.48. The van der Waals surface area contributed by atoms with E-state index in [9.17, 15) is 9.59 Å². The van der Waals surface area contributed by atoms with Crippen molar-refractivity contribution in [3.63, 3.8) is 0 Å². The standard InChI is InChI=1S/C17H13N5O3S/c1-11-15(20-22(19-11)13-5-3-2-4-6-13)16(24)25-10-12-9-14(23)21-7-8-26-17(21)18-12/h2-9H,10H2,1H3. The Morgan fingerprint density at radius 3 is 2.85 bits per heavy atom. The highest BCUT2D eigenvalue weighted by atomic mass is 32.1. The fourth-order valence-corrected chi connectivity index (χ4v) is 3.15. The Kier molecular flexibility index (Phi) is 4.05. The van der Waals surface area contributed by atoms with Gasteiger partial charge < -0.3 is 4.74 Å². The van der Waals surface area contributed by atoms with Crippen LogP contribution in [-0.2, 0) is 11.3 Å². The van der Waals surface area contributed by atoms with Gasteiger partial charge in [-0.15, -0.1) is 16.4 Å². The Morgan fingerprint density at radius 2 is 2.04 bits per heavy atom. The number of thiazole rings is 1. The van der Waals surface area contributed by atoms with Crippen LogP contribution >= 0.6 is 11.3 Å². The monoisotopic (exact) mass is 367 g/mol. The van der Waals surface area contributed by atoms with Crippen molar-refractivity contribution >= 4 is 22.3 Å². The fourth-order valence-electron chi connectivity index (χ4n) is 2.41. The van der Waals surface area contributed by atoms with Crippen molar-refractivity contribution in [2.24, 2.45) is 0 Å². The number of ether oxygens (including phenoxy) is 1. The minimum absolute atomic E-state index is 0.111. The van der Waals surface area contributed by atoms with Gasteiger partial charge >= 0.3 is 5.97 Å². The van der Waals surface area contributed by atoms with Gasteiger partial charge in [0.2, 0.25) is 0 Å². The first-order valence-electron chi connectivity index (χ1n) is 7.74. The Labute approximate surface area is 151 Å². The van der Waals surface area contributed by atoms with Gasteiger partial charge in [-0.05, 0) is 19.1 Å². The van der Waals surface area contributed by atoms with Gasteiger partial charge in [0.1, 0.15) is 6.61 Å². The van der Waals surface area contributed by atoms with E-state index in [2.05, 4.69) is 15.2 Å². The van der Waals surface area contributed by atoms with Crippen LogP contribution in [0.4, 0.5) is 0 Å². The summed E-state index contributed by atoms with van der Waals surface area (Å²) >= 11 is 1.34. The molecule has 0 saturated carbocycles. The van der Waals surface area contributed by atoms with Gasteiger partial charge in [-0.2, -0.15) is 9.90 Å². The largest absolute Gasteiger partial charge is 0.454 e. The van der Waals surface area contributed by atoms with E-state index in [-0.39, 0.29) is 17.9 Å². The highest BCUT2D eigenvalue weighted by Crippen LogP contribution is 2.11. The Hall–Kier alpha value is -3.33. The third-order valence-corrected chi connectivity index (χ3v) is 4.43. The first kappa shape index (κ1) is 16.2. The van der Waals surface area contributed by atoms with E-state index in [0.717, 1.165) is 5.69 Å². The summed E-state index contributed by atoms with van der Waals surface area (Å²) in [6.45, 7) is 1.57. The van der Waals surface area contributed by atoms with Gasteiger partial charge in [-0.25, -0.2) is 9.78 Å². The predicted octanol–water partition coefficient (Wildman–Crippen LogP) is 2.00. The Bertz CT molecular complexity index is 1150. The van der Waals surface area contributed by atoms with Crippen LogP contribution in [-0.4, -0.2) is 30.3 Å². The van der Waals surface area contributed by atoms with Crippen molar-refractivity contribution in [2.75, 3.05) is 0 Å². The number of nitrogens with zero attached hydrogens (tertiary/aromatic N) is 5. The number of hydrogen-bond acceptors (Lipinski definition) is 7. The molecule has 3 heterocycles. The molecule has 9 heteroatoms. The van der Waals surface area contributed by atoms with E-state index in [0.29, 0.717) is 16.3 Å². The second kappa shape index (κ2) is 6.52. The molecule has 0 spiro atoms. The highest BCUT2D eigenvalue weighted by Gasteiger charge is 2.18. The molecule has 4 aromatic rings. The SMILES string of the molecule is Cc1nn(-c2ccccc2)nc1C(=O)OCc1cc(=O)n2ccsc2n1. The molecule has 0 amide bonds. The zero-order valence-electron chi connectivity index (χ0n) is 13.7. The number of esters is 1. The zero-order valence-corrected chi connectivity index (χ0v) is 14.5. The average Bonchev–Trinajstić information content (AvgIpc) is 3.27. The van der Waals surface area contributed by atoms with E-state index < -0.39 is 5.97 Å². The van der Waals surface area contributed by atoms with E-state index in [1.165, 1.54) is 26.6 Å². The first-order valence-corrected chi connectivity index (χ1v) is 8.62. The lowest BCUT2D eigenvalue weighted by atomic mass is 10.3. The number of rotatable bonds is 4. The number of para-hydroxylation sites is 1. The fraction of sp³-hybridized carbons (Fsp3) is 0.118. The third kappa shape index (κ3) is 3.00. The van der Waals surface area contributed by atoms with Crippen LogP contribution in [0.1, 0.15) is 21.9 Å². The van der Waals surface area contributed by atoms with Crippen LogP contribution in [0.3, 0.4) is 0 Å². The number of aromatic nitrogens is 5. The summed E-state index contributed by atoms with van der Waals surface area (Å²) in [5, 5.41) is 10.2. The lowest BCUT2D eigenvalue weighted by molar-refractivity contribution is 0.0459. The van der Waals surface area contributed by atoms with Crippen LogP contribution in [0, 0.1) is 6.92 Å². The molecule has 26 heavy (non-hydrogen) atoms. The zero-order chi connectivity index (χ0) is 18.1. The van der Waals surface area contributed by atoms with Gasteiger partial charge in [0.15, 0.2) is 10.7 Å². The Morgan fingerprint density at radius 1 is 1.23 bits per heavy atom. The minimum Gasteiger partial charge on any atom is -0.454 e. The van der Waals surface area contributed by atoms with E-state index >= 15 is 0 Å². The maximum absolute atomic E-state index is 12.3. The van der Waals surface area contributed by atoms with Gasteiger partial charge in [-0.1, -0.05) is 18.2 Å². The lowest BCUT2D eigenvalue weighted by Gasteiger charge is -2.03. The topological polar surface area (TPSA) is 91.4 Å². The molecule has 0 aliphatic rings. The molecule has 8 nitrogen and oxygen atoms in total. The van der Waals surface area contributed by atoms with E-state index in [4.69, 9.17) is 4.74 Å². The van der Waals surface area contributed by atoms with Crippen LogP contribution in [0.2, 0.25) is 0 Å². The van der Waals surface area contributed by atoms with Crippen molar-refractivity contribution in [2.45, 2.75) is 13.5 Å². The van der Waals surface area contributed by atoms with E-state index in [1.54, 1.807) is 18.5 Å². The average molecular weight is 367 g/mol. The molecule has 1 aromatic carbocycles. The number of carbonyl (C=O) groups excluding carboxylic acids is 1. The lowest BCUT2D eigenvalue weighted by Crippen LogP contribution is -2.15. The molecule has 0 N–H and O–H groups in total. The molecule has 4 rings (SSSR count). The molecule has 0 fully saturated rings. The Balaban J connectivity index is 1.53. The third-order valence-electron chi connectivity index (χ3n) is 3.67. The molecular weight excluding hydrogens is 354 g/mol. The van der Waals surface area contributed by atoms with Crippen molar-refractivity contribution in [3.8, 4) is 5.69 Å². The number of aryl methyl sites for hydroxylation is 1. The smallest absolute Gasteiger partial charge is 0.361 e. The predicted molar refractivity (Wildman–Crippen MR) is 94.6 cm³/mol. The minimum atomic E-state index is -0.613. The summed E-state index contributed by atoms with van der Waals surface area (Å²) in [6, 6.07) is 10.6.